The number of rotatable bonds is 5. The zero-order valence-electron chi connectivity index (χ0n) is 15.3. The number of halogens is 3. The predicted octanol–water partition coefficient (Wildman–Crippen LogP) is 4.91. The molecule has 0 saturated carbocycles. The van der Waals surface area contributed by atoms with Crippen LogP contribution >= 0.6 is 11.6 Å². The van der Waals surface area contributed by atoms with Gasteiger partial charge in [-0.2, -0.15) is 0 Å². The summed E-state index contributed by atoms with van der Waals surface area (Å²) < 4.78 is 40.1. The van der Waals surface area contributed by atoms with Gasteiger partial charge in [-0.25, -0.2) is 18.7 Å². The molecule has 29 heavy (non-hydrogen) atoms. The lowest BCUT2D eigenvalue weighted by atomic mass is 10.0. The van der Waals surface area contributed by atoms with Gasteiger partial charge in [0.1, 0.15) is 29.5 Å². The maximum absolute atomic E-state index is 15.0. The van der Waals surface area contributed by atoms with Crippen LogP contribution in [-0.4, -0.2) is 20.7 Å². The normalized spacial score (nSPS) is 11.2. The van der Waals surface area contributed by atoms with Crippen LogP contribution in [0.1, 0.15) is 33.3 Å². The molecule has 4 rings (SSSR count). The smallest absolute Gasteiger partial charge is 0.201 e. The average Bonchev–Trinajstić information content (AvgIpc) is 3.23. The molecule has 1 aromatic carbocycles. The van der Waals surface area contributed by atoms with E-state index in [4.69, 9.17) is 20.8 Å². The fourth-order valence-electron chi connectivity index (χ4n) is 3.01. The molecule has 9 heteroatoms. The van der Waals surface area contributed by atoms with Crippen molar-refractivity contribution < 1.29 is 22.7 Å². The van der Waals surface area contributed by atoms with Gasteiger partial charge < -0.3 is 14.1 Å². The molecule has 0 bridgehead atoms. The number of benzene rings is 1. The van der Waals surface area contributed by atoms with Crippen LogP contribution in [0.25, 0.3) is 11.0 Å². The molecular weight excluding hydrogens is 404 g/mol. The van der Waals surface area contributed by atoms with Gasteiger partial charge in [-0.15, -0.1) is 0 Å². The number of carbonyl (C=O) groups excluding carboxylic acids is 1. The first-order chi connectivity index (χ1) is 13.8. The Bertz CT molecular complexity index is 1250. The minimum atomic E-state index is -1.10. The molecule has 0 aliphatic rings. The lowest BCUT2D eigenvalue weighted by Gasteiger charge is -2.10. The first-order valence-corrected chi connectivity index (χ1v) is 8.94. The number of fused-ring (bicyclic) bond motifs is 1. The fraction of sp³-hybridized carbons (Fsp3) is 0.150. The van der Waals surface area contributed by atoms with E-state index in [0.29, 0.717) is 33.4 Å². The number of ketones is 1. The fourth-order valence-corrected chi connectivity index (χ4v) is 3.16. The van der Waals surface area contributed by atoms with E-state index in [1.807, 2.05) is 0 Å². The van der Waals surface area contributed by atoms with Crippen LogP contribution in [0, 0.1) is 25.5 Å². The molecule has 1 N–H and O–H groups in total. The second-order valence-electron chi connectivity index (χ2n) is 6.34. The summed E-state index contributed by atoms with van der Waals surface area (Å²) >= 11 is 5.93. The van der Waals surface area contributed by atoms with Gasteiger partial charge in [-0.1, -0.05) is 11.6 Å². The molecule has 4 aromatic rings. The molecule has 0 radical (unpaired) electrons. The third-order valence-electron chi connectivity index (χ3n) is 4.39. The highest BCUT2D eigenvalue weighted by molar-refractivity contribution is 6.31. The van der Waals surface area contributed by atoms with Crippen molar-refractivity contribution >= 4 is 28.4 Å². The Kier molecular flexibility index (Phi) is 4.79. The highest BCUT2D eigenvalue weighted by Crippen LogP contribution is 2.29. The molecule has 0 spiro atoms. The summed E-state index contributed by atoms with van der Waals surface area (Å²) in [5.74, 6) is -2.25. The number of ether oxygens (including phenoxy) is 1. The van der Waals surface area contributed by atoms with Crippen LogP contribution < -0.4 is 4.74 Å². The summed E-state index contributed by atoms with van der Waals surface area (Å²) in [7, 11) is 0. The Balaban J connectivity index is 1.70. The van der Waals surface area contributed by atoms with Crippen molar-refractivity contribution in [1.29, 1.82) is 0 Å². The van der Waals surface area contributed by atoms with Crippen molar-refractivity contribution in [3.63, 3.8) is 0 Å². The SMILES string of the molecule is Cc1nc(COc2ccc(F)c(C(=O)c3c[nH]c4ncc(Cl)cc34)c2F)c(C)o1. The predicted molar refractivity (Wildman–Crippen MR) is 101 cm³/mol. The van der Waals surface area contributed by atoms with E-state index in [1.165, 1.54) is 18.5 Å². The van der Waals surface area contributed by atoms with Gasteiger partial charge >= 0.3 is 0 Å². The summed E-state index contributed by atoms with van der Waals surface area (Å²) in [6, 6.07) is 3.60. The molecule has 0 amide bonds. The number of hydrogen-bond donors (Lipinski definition) is 1. The Hall–Kier alpha value is -3.26. The van der Waals surface area contributed by atoms with Crippen molar-refractivity contribution in [2.45, 2.75) is 20.5 Å². The van der Waals surface area contributed by atoms with Crippen molar-refractivity contribution in [1.82, 2.24) is 15.0 Å². The third-order valence-corrected chi connectivity index (χ3v) is 4.60. The maximum Gasteiger partial charge on any atom is 0.201 e. The zero-order valence-corrected chi connectivity index (χ0v) is 16.1. The number of carbonyl (C=O) groups is 1. The van der Waals surface area contributed by atoms with Crippen LogP contribution in [0.2, 0.25) is 5.02 Å². The largest absolute Gasteiger partial charge is 0.484 e. The second kappa shape index (κ2) is 7.29. The second-order valence-corrected chi connectivity index (χ2v) is 6.78. The number of hydrogen-bond acceptors (Lipinski definition) is 5. The van der Waals surface area contributed by atoms with Gasteiger partial charge in [0.2, 0.25) is 5.78 Å². The first kappa shape index (κ1) is 19.1. The maximum atomic E-state index is 15.0. The van der Waals surface area contributed by atoms with E-state index in [0.717, 1.165) is 12.1 Å². The highest BCUT2D eigenvalue weighted by atomic mass is 35.5. The molecule has 148 valence electrons. The van der Waals surface area contributed by atoms with Crippen molar-refractivity contribution in [3.8, 4) is 5.75 Å². The topological polar surface area (TPSA) is 81.0 Å². The number of pyridine rings is 1. The van der Waals surface area contributed by atoms with Gasteiger partial charge in [-0.3, -0.25) is 4.79 Å². The number of aryl methyl sites for hydroxylation is 2. The van der Waals surface area contributed by atoms with Crippen molar-refractivity contribution in [2.75, 3.05) is 0 Å². The molecule has 0 aliphatic carbocycles. The Morgan fingerprint density at radius 3 is 2.83 bits per heavy atom. The van der Waals surface area contributed by atoms with E-state index >= 15 is 0 Å². The number of nitrogens with zero attached hydrogens (tertiary/aromatic N) is 2. The Morgan fingerprint density at radius 2 is 2.10 bits per heavy atom. The van der Waals surface area contributed by atoms with Gasteiger partial charge in [0, 0.05) is 30.3 Å². The number of nitrogens with one attached hydrogen (secondary N) is 1. The van der Waals surface area contributed by atoms with E-state index in [-0.39, 0.29) is 17.9 Å². The standard InChI is InChI=1S/C20H14ClF2N3O3/c1-9-15(26-10(2)29-9)8-28-16-4-3-14(22)17(18(16)23)19(27)13-7-25-20-12(13)5-11(21)6-24-20/h3-7H,8H2,1-2H3,(H,24,25). The molecular formula is C20H14ClF2N3O3. The number of aromatic amines is 1. The number of oxazole rings is 1. The van der Waals surface area contributed by atoms with Gasteiger partial charge in [0.25, 0.3) is 0 Å². The molecule has 0 atom stereocenters. The summed E-state index contributed by atoms with van der Waals surface area (Å²) in [6.45, 7) is 3.28. The van der Waals surface area contributed by atoms with Crippen LogP contribution in [0.4, 0.5) is 8.78 Å². The molecule has 0 saturated heterocycles. The minimum Gasteiger partial charge on any atom is -0.484 e. The van der Waals surface area contributed by atoms with Gasteiger partial charge in [0.15, 0.2) is 17.5 Å². The Morgan fingerprint density at radius 1 is 1.31 bits per heavy atom. The van der Waals surface area contributed by atoms with E-state index < -0.39 is 23.0 Å². The third kappa shape index (κ3) is 3.47. The summed E-state index contributed by atoms with van der Waals surface area (Å²) in [6.07, 6.45) is 2.74. The van der Waals surface area contributed by atoms with Crippen LogP contribution in [-0.2, 0) is 6.61 Å². The van der Waals surface area contributed by atoms with E-state index in [1.54, 1.807) is 13.8 Å². The quantitative estimate of drug-likeness (QED) is 0.467. The first-order valence-electron chi connectivity index (χ1n) is 8.56. The molecule has 3 heterocycles. The van der Waals surface area contributed by atoms with Gasteiger partial charge in [0.05, 0.1) is 10.6 Å². The molecule has 0 aliphatic heterocycles. The molecule has 0 fully saturated rings. The van der Waals surface area contributed by atoms with E-state index in [9.17, 15) is 13.6 Å². The van der Waals surface area contributed by atoms with E-state index in [2.05, 4.69) is 15.0 Å². The lowest BCUT2D eigenvalue weighted by molar-refractivity contribution is 0.103. The van der Waals surface area contributed by atoms with Gasteiger partial charge in [-0.05, 0) is 25.1 Å². The van der Waals surface area contributed by atoms with Crippen LogP contribution in [0.15, 0.2) is 35.0 Å². The summed E-state index contributed by atoms with van der Waals surface area (Å²) in [5, 5.41) is 0.656. The number of aromatic nitrogens is 3. The Labute approximate surface area is 168 Å². The van der Waals surface area contributed by atoms with Crippen LogP contribution in [0.3, 0.4) is 0 Å². The summed E-state index contributed by atoms with van der Waals surface area (Å²) in [4.78, 5) is 23.9. The summed E-state index contributed by atoms with van der Waals surface area (Å²) in [5.41, 5.74) is 0.184. The van der Waals surface area contributed by atoms with Crippen molar-refractivity contribution in [3.05, 3.63) is 75.7 Å². The highest BCUT2D eigenvalue weighted by Gasteiger charge is 2.25. The minimum absolute atomic E-state index is 0.0490. The number of H-pyrrole nitrogens is 1. The lowest BCUT2D eigenvalue weighted by Crippen LogP contribution is -2.09. The molecule has 3 aromatic heterocycles. The average molecular weight is 418 g/mol. The molecule has 0 unspecified atom stereocenters. The zero-order chi connectivity index (χ0) is 20.7. The molecule has 6 nitrogen and oxygen atoms in total. The monoisotopic (exact) mass is 417 g/mol. The van der Waals surface area contributed by atoms with Crippen molar-refractivity contribution in [2.24, 2.45) is 0 Å². The van der Waals surface area contributed by atoms with Crippen LogP contribution in [0.5, 0.6) is 5.75 Å².